The van der Waals surface area contributed by atoms with E-state index in [1.807, 2.05) is 42.5 Å². The Morgan fingerprint density at radius 3 is 2.44 bits per heavy atom. The summed E-state index contributed by atoms with van der Waals surface area (Å²) in [6.45, 7) is 1.09. The number of benzene rings is 2. The Kier molecular flexibility index (Phi) is 10.3. The molecule has 3 atom stereocenters. The van der Waals surface area contributed by atoms with Crippen LogP contribution in [0.1, 0.15) is 43.2 Å². The lowest BCUT2D eigenvalue weighted by molar-refractivity contribution is -0.152. The van der Waals surface area contributed by atoms with E-state index in [1.165, 1.54) is 12.1 Å². The normalized spacial score (nSPS) is 22.8. The van der Waals surface area contributed by atoms with Crippen LogP contribution in [0, 0.1) is 17.7 Å². The number of nitrogens with zero attached hydrogens (tertiary/aromatic N) is 2. The molecule has 208 valence electrons. The van der Waals surface area contributed by atoms with Gasteiger partial charge in [0.25, 0.3) is 0 Å². The molecule has 8 heteroatoms. The molecule has 2 aromatic carbocycles. The Bertz CT molecular complexity index is 1140. The first-order valence-corrected chi connectivity index (χ1v) is 13.7. The second-order valence-corrected chi connectivity index (χ2v) is 10.4. The predicted octanol–water partition coefficient (Wildman–Crippen LogP) is 3.90. The van der Waals surface area contributed by atoms with Crippen molar-refractivity contribution in [3.8, 4) is 0 Å². The summed E-state index contributed by atoms with van der Waals surface area (Å²) in [4.78, 5) is 43.3. The summed E-state index contributed by atoms with van der Waals surface area (Å²) in [5.74, 6) is -1.90. The number of hydrogen-bond acceptors (Lipinski definition) is 5. The molecule has 0 bridgehead atoms. The van der Waals surface area contributed by atoms with E-state index in [9.17, 15) is 23.9 Å². The van der Waals surface area contributed by atoms with Gasteiger partial charge in [-0.2, -0.15) is 0 Å². The number of aliphatic hydroxyl groups is 1. The van der Waals surface area contributed by atoms with E-state index < -0.39 is 11.8 Å². The van der Waals surface area contributed by atoms with E-state index in [4.69, 9.17) is 4.74 Å². The van der Waals surface area contributed by atoms with E-state index in [0.29, 0.717) is 32.4 Å². The van der Waals surface area contributed by atoms with Gasteiger partial charge in [0.15, 0.2) is 0 Å². The third-order valence-corrected chi connectivity index (χ3v) is 7.52. The van der Waals surface area contributed by atoms with Crippen molar-refractivity contribution in [3.63, 3.8) is 0 Å². The zero-order chi connectivity index (χ0) is 27.6. The summed E-state index contributed by atoms with van der Waals surface area (Å²) in [6, 6.07) is 15.5. The van der Waals surface area contributed by atoms with Gasteiger partial charge in [0.05, 0.1) is 24.5 Å². The van der Waals surface area contributed by atoms with E-state index in [0.717, 1.165) is 24.0 Å². The van der Waals surface area contributed by atoms with Crippen molar-refractivity contribution >= 4 is 17.8 Å². The lowest BCUT2D eigenvalue weighted by atomic mass is 9.94. The molecule has 0 unspecified atom stereocenters. The third kappa shape index (κ3) is 7.99. The molecular formula is C31H37FN2O5. The highest BCUT2D eigenvalue weighted by Crippen LogP contribution is 2.26. The topological polar surface area (TPSA) is 87.2 Å². The minimum absolute atomic E-state index is 0.0397. The van der Waals surface area contributed by atoms with Crippen molar-refractivity contribution < 1.29 is 28.6 Å². The minimum Gasteiger partial charge on any atom is -0.463 e. The number of carbonyl (C=O) groups is 3. The van der Waals surface area contributed by atoms with Crippen molar-refractivity contribution in [2.45, 2.75) is 51.1 Å². The molecule has 39 heavy (non-hydrogen) atoms. The van der Waals surface area contributed by atoms with Crippen molar-refractivity contribution in [2.24, 2.45) is 11.8 Å². The average Bonchev–Trinajstić information content (AvgIpc) is 3.41. The number of ether oxygens (including phenoxy) is 1. The van der Waals surface area contributed by atoms with Crippen LogP contribution in [0.4, 0.5) is 4.39 Å². The van der Waals surface area contributed by atoms with Gasteiger partial charge in [-0.15, -0.1) is 0 Å². The van der Waals surface area contributed by atoms with Crippen LogP contribution in [0.5, 0.6) is 0 Å². The van der Waals surface area contributed by atoms with Crippen molar-refractivity contribution in [3.05, 3.63) is 83.7 Å². The summed E-state index contributed by atoms with van der Waals surface area (Å²) in [7, 11) is 0. The summed E-state index contributed by atoms with van der Waals surface area (Å²) in [5, 5.41) is 9.58. The highest BCUT2D eigenvalue weighted by molar-refractivity contribution is 5.86. The Morgan fingerprint density at radius 2 is 1.72 bits per heavy atom. The van der Waals surface area contributed by atoms with Gasteiger partial charge in [-0.25, -0.2) is 4.39 Å². The zero-order valence-electron chi connectivity index (χ0n) is 22.2. The molecule has 0 saturated carbocycles. The lowest BCUT2D eigenvalue weighted by Gasteiger charge is -2.30. The van der Waals surface area contributed by atoms with Gasteiger partial charge >= 0.3 is 5.97 Å². The fourth-order valence-electron chi connectivity index (χ4n) is 5.35. The Labute approximate surface area is 229 Å². The van der Waals surface area contributed by atoms with Gasteiger partial charge in [0.1, 0.15) is 12.4 Å². The number of carbonyl (C=O) groups excluding carboxylic acids is 3. The molecule has 1 N–H and O–H groups in total. The van der Waals surface area contributed by atoms with Gasteiger partial charge < -0.3 is 19.6 Å². The zero-order valence-corrected chi connectivity index (χ0v) is 22.2. The maximum atomic E-state index is 13.6. The minimum atomic E-state index is -0.544. The monoisotopic (exact) mass is 536 g/mol. The average molecular weight is 537 g/mol. The molecule has 1 fully saturated rings. The van der Waals surface area contributed by atoms with Gasteiger partial charge in [-0.3, -0.25) is 14.4 Å². The number of aliphatic hydroxyl groups excluding tert-OH is 1. The highest BCUT2D eigenvalue weighted by atomic mass is 19.1. The number of halogens is 1. The largest absolute Gasteiger partial charge is 0.463 e. The van der Waals surface area contributed by atoms with E-state index in [2.05, 4.69) is 0 Å². The molecule has 0 aromatic heterocycles. The van der Waals surface area contributed by atoms with Crippen LogP contribution in [-0.2, 0) is 32.1 Å². The van der Waals surface area contributed by atoms with E-state index in [-0.39, 0.29) is 55.8 Å². The molecule has 0 spiro atoms. The molecule has 1 saturated heterocycles. The van der Waals surface area contributed by atoms with E-state index in [1.54, 1.807) is 21.9 Å². The molecule has 2 aliphatic heterocycles. The Hall–Kier alpha value is -3.52. The first kappa shape index (κ1) is 28.5. The number of esters is 1. The van der Waals surface area contributed by atoms with Crippen molar-refractivity contribution in [2.75, 3.05) is 26.3 Å². The van der Waals surface area contributed by atoms with Crippen molar-refractivity contribution in [1.29, 1.82) is 0 Å². The molecule has 7 nitrogen and oxygen atoms in total. The number of cyclic esters (lactones) is 1. The Balaban J connectivity index is 1.50. The fourth-order valence-corrected chi connectivity index (χ4v) is 5.35. The predicted molar refractivity (Wildman–Crippen MR) is 145 cm³/mol. The molecule has 0 aliphatic carbocycles. The van der Waals surface area contributed by atoms with Gasteiger partial charge in [0.2, 0.25) is 11.8 Å². The SMILES string of the molecule is O=C1OC[C@H]2CCCN2C(=O)[C@@H](CC(=O)N(CCO)Cc2ccccc2)C/C=C/C[C@@H]1Cc1ccc(F)cc1. The number of rotatable bonds is 8. The van der Waals surface area contributed by atoms with Gasteiger partial charge in [-0.1, -0.05) is 54.6 Å². The first-order valence-electron chi connectivity index (χ1n) is 13.7. The molecular weight excluding hydrogens is 499 g/mol. The van der Waals surface area contributed by atoms with Crippen LogP contribution in [0.2, 0.25) is 0 Å². The van der Waals surface area contributed by atoms with Gasteiger partial charge in [0, 0.05) is 26.1 Å². The second-order valence-electron chi connectivity index (χ2n) is 10.4. The van der Waals surface area contributed by atoms with E-state index >= 15 is 0 Å². The van der Waals surface area contributed by atoms with Crippen LogP contribution in [0.15, 0.2) is 66.7 Å². The number of hydrogen-bond donors (Lipinski definition) is 1. The number of fused-ring (bicyclic) bond motifs is 1. The lowest BCUT2D eigenvalue weighted by Crippen LogP contribution is -2.44. The van der Waals surface area contributed by atoms with Crippen molar-refractivity contribution in [1.82, 2.24) is 9.80 Å². The third-order valence-electron chi connectivity index (χ3n) is 7.52. The number of allylic oxidation sites excluding steroid dienone is 2. The molecule has 0 radical (unpaired) electrons. The van der Waals surface area contributed by atoms with Crippen LogP contribution in [0.25, 0.3) is 0 Å². The smallest absolute Gasteiger partial charge is 0.309 e. The molecule has 4 rings (SSSR count). The maximum absolute atomic E-state index is 13.6. The quantitative estimate of drug-likeness (QED) is 0.409. The summed E-state index contributed by atoms with van der Waals surface area (Å²) in [6.07, 6.45) is 6.57. The van der Waals surface area contributed by atoms with Gasteiger partial charge in [-0.05, 0) is 55.4 Å². The molecule has 2 amide bonds. The maximum Gasteiger partial charge on any atom is 0.309 e. The van der Waals surface area contributed by atoms with Crippen LogP contribution in [-0.4, -0.2) is 65.0 Å². The molecule has 2 heterocycles. The summed E-state index contributed by atoms with van der Waals surface area (Å²) >= 11 is 0. The first-order chi connectivity index (χ1) is 18.9. The van der Waals surface area contributed by atoms with Crippen LogP contribution >= 0.6 is 0 Å². The van der Waals surface area contributed by atoms with Crippen LogP contribution < -0.4 is 0 Å². The number of amides is 2. The summed E-state index contributed by atoms with van der Waals surface area (Å²) < 4.78 is 19.0. The summed E-state index contributed by atoms with van der Waals surface area (Å²) in [5.41, 5.74) is 1.81. The second kappa shape index (κ2) is 14.0. The molecule has 2 aromatic rings. The fraction of sp³-hybridized carbons (Fsp3) is 0.452. The van der Waals surface area contributed by atoms with Crippen LogP contribution in [0.3, 0.4) is 0 Å². The standard InChI is InChI=1S/C31H37FN2O5/c32-27-14-12-23(13-15-27)19-26-10-5-4-9-25(30(37)34-16-6-11-28(34)22-39-31(26)38)20-29(36)33(17-18-35)21-24-7-2-1-3-8-24/h1-5,7-8,12-15,25-26,28,35H,6,9-11,16-22H2/b5-4+/t25-,26-,28-/m1/s1. The highest BCUT2D eigenvalue weighted by Gasteiger charge is 2.35. The Morgan fingerprint density at radius 1 is 1.00 bits per heavy atom. The molecule has 2 aliphatic rings.